The molecule has 1 fully saturated rings. The molecular formula is C17H21N5O3. The first-order valence-corrected chi connectivity index (χ1v) is 8.22. The van der Waals surface area contributed by atoms with E-state index in [1.807, 2.05) is 31.2 Å². The maximum Gasteiger partial charge on any atom is 0.272 e. The van der Waals surface area contributed by atoms with Crippen molar-refractivity contribution in [3.05, 3.63) is 35.7 Å². The van der Waals surface area contributed by atoms with Crippen molar-refractivity contribution in [2.24, 2.45) is 0 Å². The lowest BCUT2D eigenvalue weighted by atomic mass is 10.2. The summed E-state index contributed by atoms with van der Waals surface area (Å²) in [7, 11) is 1.57. The fourth-order valence-corrected chi connectivity index (χ4v) is 3.04. The van der Waals surface area contributed by atoms with Crippen LogP contribution in [-0.2, 0) is 11.3 Å². The summed E-state index contributed by atoms with van der Waals surface area (Å²) in [6, 6.07) is 6.78. The normalized spacial score (nSPS) is 17.0. The van der Waals surface area contributed by atoms with Crippen molar-refractivity contribution in [1.82, 2.24) is 20.3 Å². The van der Waals surface area contributed by atoms with Crippen LogP contribution in [0.25, 0.3) is 0 Å². The Kier molecular flexibility index (Phi) is 4.69. The van der Waals surface area contributed by atoms with E-state index in [1.165, 1.54) is 4.68 Å². The lowest BCUT2D eigenvalue weighted by Crippen LogP contribution is -2.42. The van der Waals surface area contributed by atoms with Crippen LogP contribution in [0.4, 0.5) is 5.69 Å². The third-order valence-corrected chi connectivity index (χ3v) is 4.30. The summed E-state index contributed by atoms with van der Waals surface area (Å²) < 4.78 is 6.86. The monoisotopic (exact) mass is 343 g/mol. The summed E-state index contributed by atoms with van der Waals surface area (Å²) in [5.74, 6) is 0.155. The van der Waals surface area contributed by atoms with E-state index in [1.54, 1.807) is 18.9 Å². The Labute approximate surface area is 145 Å². The Bertz CT molecular complexity index is 801. The minimum atomic E-state index is -0.572. The summed E-state index contributed by atoms with van der Waals surface area (Å²) >= 11 is 0. The molecular weight excluding hydrogens is 322 g/mol. The maximum atomic E-state index is 12.7. The quantitative estimate of drug-likeness (QED) is 0.880. The van der Waals surface area contributed by atoms with E-state index >= 15 is 0 Å². The van der Waals surface area contributed by atoms with Gasteiger partial charge in [-0.2, -0.15) is 0 Å². The van der Waals surface area contributed by atoms with E-state index in [0.29, 0.717) is 42.3 Å². The van der Waals surface area contributed by atoms with Crippen LogP contribution in [0.3, 0.4) is 0 Å². The highest BCUT2D eigenvalue weighted by Gasteiger charge is 2.35. The van der Waals surface area contributed by atoms with Crippen molar-refractivity contribution in [3.8, 4) is 5.75 Å². The molecule has 1 unspecified atom stereocenters. The molecule has 8 nitrogen and oxygen atoms in total. The first-order valence-electron chi connectivity index (χ1n) is 8.22. The van der Waals surface area contributed by atoms with Crippen LogP contribution in [0, 0.1) is 6.92 Å². The van der Waals surface area contributed by atoms with Gasteiger partial charge in [-0.3, -0.25) is 9.59 Å². The molecule has 2 aromatic rings. The number of aryl methyl sites for hydroxylation is 2. The minimum Gasteiger partial charge on any atom is -0.495 e. The average Bonchev–Trinajstić information content (AvgIpc) is 3.17. The van der Waals surface area contributed by atoms with Crippen molar-refractivity contribution < 1.29 is 14.3 Å². The van der Waals surface area contributed by atoms with Crippen LogP contribution < -0.4 is 15.0 Å². The summed E-state index contributed by atoms with van der Waals surface area (Å²) in [6.07, 6.45) is 0.537. The molecule has 8 heteroatoms. The molecule has 0 radical (unpaired) electrons. The van der Waals surface area contributed by atoms with Crippen molar-refractivity contribution in [3.63, 3.8) is 0 Å². The largest absolute Gasteiger partial charge is 0.495 e. The lowest BCUT2D eigenvalue weighted by molar-refractivity contribution is -0.118. The molecule has 1 aliphatic heterocycles. The van der Waals surface area contributed by atoms with Gasteiger partial charge in [0.15, 0.2) is 0 Å². The van der Waals surface area contributed by atoms with Crippen molar-refractivity contribution in [2.45, 2.75) is 32.9 Å². The molecule has 0 bridgehead atoms. The number of amides is 2. The van der Waals surface area contributed by atoms with Crippen molar-refractivity contribution >= 4 is 17.5 Å². The van der Waals surface area contributed by atoms with Crippen LogP contribution >= 0.6 is 0 Å². The predicted octanol–water partition coefficient (Wildman–Crippen LogP) is 1.15. The minimum absolute atomic E-state index is 0.147. The fraction of sp³-hybridized carbons (Fsp3) is 0.412. The SMILES string of the molecule is CCn1nnc(C)c1C(=O)NC1CCN(c2ccccc2OC)C1=O. The predicted molar refractivity (Wildman–Crippen MR) is 91.7 cm³/mol. The Morgan fingerprint density at radius 3 is 2.88 bits per heavy atom. The van der Waals surface area contributed by atoms with Gasteiger partial charge in [-0.05, 0) is 32.4 Å². The Hall–Kier alpha value is -2.90. The molecule has 1 aromatic heterocycles. The van der Waals surface area contributed by atoms with Gasteiger partial charge >= 0.3 is 0 Å². The van der Waals surface area contributed by atoms with Crippen LogP contribution in [0.5, 0.6) is 5.75 Å². The van der Waals surface area contributed by atoms with Crippen LogP contribution in [-0.4, -0.2) is 46.5 Å². The molecule has 25 heavy (non-hydrogen) atoms. The van der Waals surface area contributed by atoms with Gasteiger partial charge in [-0.15, -0.1) is 5.10 Å². The molecule has 2 heterocycles. The zero-order chi connectivity index (χ0) is 18.0. The molecule has 1 atom stereocenters. The molecule has 1 N–H and O–H groups in total. The van der Waals surface area contributed by atoms with Gasteiger partial charge in [0, 0.05) is 13.1 Å². The average molecular weight is 343 g/mol. The summed E-state index contributed by atoms with van der Waals surface area (Å²) in [4.78, 5) is 26.9. The van der Waals surface area contributed by atoms with Gasteiger partial charge in [0.25, 0.3) is 5.91 Å². The van der Waals surface area contributed by atoms with Crippen molar-refractivity contribution in [1.29, 1.82) is 0 Å². The zero-order valence-electron chi connectivity index (χ0n) is 14.5. The van der Waals surface area contributed by atoms with E-state index in [4.69, 9.17) is 4.74 Å². The van der Waals surface area contributed by atoms with Gasteiger partial charge in [0.05, 0.1) is 18.5 Å². The molecule has 0 saturated carbocycles. The summed E-state index contributed by atoms with van der Waals surface area (Å²) in [5, 5.41) is 10.7. The van der Waals surface area contributed by atoms with Gasteiger partial charge in [-0.1, -0.05) is 17.3 Å². The molecule has 0 aliphatic carbocycles. The molecule has 3 rings (SSSR count). The highest BCUT2D eigenvalue weighted by molar-refractivity contribution is 6.04. The number of para-hydroxylation sites is 2. The van der Waals surface area contributed by atoms with E-state index in [2.05, 4.69) is 15.6 Å². The number of carbonyl (C=O) groups is 2. The highest BCUT2D eigenvalue weighted by Crippen LogP contribution is 2.31. The number of methoxy groups -OCH3 is 1. The maximum absolute atomic E-state index is 12.7. The Morgan fingerprint density at radius 1 is 1.40 bits per heavy atom. The fourth-order valence-electron chi connectivity index (χ4n) is 3.04. The number of nitrogens with one attached hydrogen (secondary N) is 1. The van der Waals surface area contributed by atoms with Gasteiger partial charge in [0.2, 0.25) is 5.91 Å². The molecule has 1 aliphatic rings. The Morgan fingerprint density at radius 2 is 2.16 bits per heavy atom. The number of benzene rings is 1. The van der Waals surface area contributed by atoms with E-state index in [0.717, 1.165) is 0 Å². The van der Waals surface area contributed by atoms with E-state index in [9.17, 15) is 9.59 Å². The standard InChI is InChI=1S/C17H21N5O3/c1-4-22-15(11(2)19-20-22)16(23)18-12-9-10-21(17(12)24)13-7-5-6-8-14(13)25-3/h5-8,12H,4,9-10H2,1-3H3,(H,18,23). The highest BCUT2D eigenvalue weighted by atomic mass is 16.5. The number of hydrogen-bond donors (Lipinski definition) is 1. The zero-order valence-corrected chi connectivity index (χ0v) is 14.5. The number of carbonyl (C=O) groups excluding carboxylic acids is 2. The van der Waals surface area contributed by atoms with Crippen LogP contribution in [0.2, 0.25) is 0 Å². The molecule has 1 saturated heterocycles. The van der Waals surface area contributed by atoms with Gasteiger partial charge < -0.3 is 15.0 Å². The number of rotatable bonds is 5. The number of aromatic nitrogens is 3. The summed E-state index contributed by atoms with van der Waals surface area (Å²) in [6.45, 7) is 4.67. The molecule has 0 spiro atoms. The smallest absolute Gasteiger partial charge is 0.272 e. The second-order valence-corrected chi connectivity index (χ2v) is 5.82. The summed E-state index contributed by atoms with van der Waals surface area (Å²) in [5.41, 5.74) is 1.65. The van der Waals surface area contributed by atoms with Gasteiger partial charge in [0.1, 0.15) is 17.5 Å². The number of hydrogen-bond acceptors (Lipinski definition) is 5. The van der Waals surface area contributed by atoms with Crippen molar-refractivity contribution in [2.75, 3.05) is 18.6 Å². The molecule has 2 amide bonds. The topological polar surface area (TPSA) is 89.3 Å². The Balaban J connectivity index is 1.76. The second kappa shape index (κ2) is 6.92. The number of anilines is 1. The van der Waals surface area contributed by atoms with Gasteiger partial charge in [-0.25, -0.2) is 4.68 Å². The first-order chi connectivity index (χ1) is 12.1. The van der Waals surface area contributed by atoms with Crippen LogP contribution in [0.1, 0.15) is 29.5 Å². The first kappa shape index (κ1) is 16.9. The third-order valence-electron chi connectivity index (χ3n) is 4.30. The van der Waals surface area contributed by atoms with E-state index in [-0.39, 0.29) is 11.8 Å². The van der Waals surface area contributed by atoms with Crippen LogP contribution in [0.15, 0.2) is 24.3 Å². The lowest BCUT2D eigenvalue weighted by Gasteiger charge is -2.19. The third kappa shape index (κ3) is 3.07. The number of ether oxygens (including phenoxy) is 1. The number of nitrogens with zero attached hydrogens (tertiary/aromatic N) is 4. The molecule has 1 aromatic carbocycles. The second-order valence-electron chi connectivity index (χ2n) is 5.82. The molecule has 132 valence electrons. The van der Waals surface area contributed by atoms with E-state index < -0.39 is 6.04 Å².